The SMILES string of the molecule is COc1ncnc(Oc2ccccc2)c1NCC(F)(F)F. The molecule has 5 nitrogen and oxygen atoms in total. The van der Waals surface area contributed by atoms with Gasteiger partial charge in [0.1, 0.15) is 18.6 Å². The van der Waals surface area contributed by atoms with Crippen LogP contribution in [-0.2, 0) is 0 Å². The first-order valence-electron chi connectivity index (χ1n) is 5.92. The van der Waals surface area contributed by atoms with E-state index in [4.69, 9.17) is 9.47 Å². The van der Waals surface area contributed by atoms with Crippen molar-refractivity contribution in [2.45, 2.75) is 6.18 Å². The summed E-state index contributed by atoms with van der Waals surface area (Å²) in [4.78, 5) is 7.60. The van der Waals surface area contributed by atoms with Gasteiger partial charge in [0, 0.05) is 0 Å². The van der Waals surface area contributed by atoms with Crippen LogP contribution >= 0.6 is 0 Å². The van der Waals surface area contributed by atoms with E-state index < -0.39 is 12.7 Å². The maximum Gasteiger partial charge on any atom is 0.405 e. The molecule has 1 N–H and O–H groups in total. The summed E-state index contributed by atoms with van der Waals surface area (Å²) in [6.45, 7) is -1.25. The highest BCUT2D eigenvalue weighted by atomic mass is 19.4. The molecule has 0 saturated heterocycles. The molecule has 21 heavy (non-hydrogen) atoms. The predicted molar refractivity (Wildman–Crippen MR) is 69.6 cm³/mol. The van der Waals surface area contributed by atoms with Crippen LogP contribution < -0.4 is 14.8 Å². The van der Waals surface area contributed by atoms with E-state index in [0.717, 1.165) is 6.33 Å². The summed E-state index contributed by atoms with van der Waals surface area (Å²) in [6, 6.07) is 8.56. The van der Waals surface area contributed by atoms with Gasteiger partial charge >= 0.3 is 6.18 Å². The first-order chi connectivity index (χ1) is 9.99. The van der Waals surface area contributed by atoms with Gasteiger partial charge in [0.25, 0.3) is 0 Å². The second-order valence-electron chi connectivity index (χ2n) is 3.95. The number of ether oxygens (including phenoxy) is 2. The lowest BCUT2D eigenvalue weighted by atomic mass is 10.3. The number of benzene rings is 1. The molecule has 0 atom stereocenters. The predicted octanol–water partition coefficient (Wildman–Crippen LogP) is 3.25. The van der Waals surface area contributed by atoms with Crippen LogP contribution in [0.2, 0.25) is 0 Å². The molecule has 0 aliphatic heterocycles. The molecule has 1 aromatic carbocycles. The normalized spacial score (nSPS) is 11.0. The average molecular weight is 299 g/mol. The van der Waals surface area contributed by atoms with Crippen molar-refractivity contribution in [2.75, 3.05) is 19.0 Å². The molecule has 112 valence electrons. The zero-order valence-corrected chi connectivity index (χ0v) is 11.0. The number of methoxy groups -OCH3 is 1. The Morgan fingerprint density at radius 2 is 1.76 bits per heavy atom. The summed E-state index contributed by atoms with van der Waals surface area (Å²) in [7, 11) is 1.30. The van der Waals surface area contributed by atoms with Crippen LogP contribution in [0, 0.1) is 0 Å². The minimum Gasteiger partial charge on any atom is -0.479 e. The largest absolute Gasteiger partial charge is 0.479 e. The highest BCUT2D eigenvalue weighted by Gasteiger charge is 2.28. The third kappa shape index (κ3) is 4.23. The summed E-state index contributed by atoms with van der Waals surface area (Å²) in [5, 5.41) is 2.19. The summed E-state index contributed by atoms with van der Waals surface area (Å²) in [5.74, 6) is 0.366. The van der Waals surface area contributed by atoms with Gasteiger partial charge in [-0.25, -0.2) is 0 Å². The lowest BCUT2D eigenvalue weighted by Gasteiger charge is -2.15. The fourth-order valence-corrected chi connectivity index (χ4v) is 1.53. The number of para-hydroxylation sites is 1. The van der Waals surface area contributed by atoms with Crippen molar-refractivity contribution in [2.24, 2.45) is 0 Å². The molecule has 1 heterocycles. The molecule has 0 bridgehead atoms. The molecule has 8 heteroatoms. The fourth-order valence-electron chi connectivity index (χ4n) is 1.53. The number of anilines is 1. The number of nitrogens with zero attached hydrogens (tertiary/aromatic N) is 2. The Morgan fingerprint density at radius 1 is 1.10 bits per heavy atom. The average Bonchev–Trinajstić information content (AvgIpc) is 2.46. The van der Waals surface area contributed by atoms with E-state index in [1.165, 1.54) is 7.11 Å². The first kappa shape index (κ1) is 14.9. The molecule has 0 aliphatic rings. The number of halogens is 3. The van der Waals surface area contributed by atoms with Gasteiger partial charge < -0.3 is 14.8 Å². The Morgan fingerprint density at radius 3 is 2.38 bits per heavy atom. The third-order valence-corrected chi connectivity index (χ3v) is 2.39. The van der Waals surface area contributed by atoms with Gasteiger partial charge in [0.05, 0.1) is 7.11 Å². The fraction of sp³-hybridized carbons (Fsp3) is 0.231. The molecule has 2 rings (SSSR count). The van der Waals surface area contributed by atoms with Crippen molar-refractivity contribution >= 4 is 5.69 Å². The number of aromatic nitrogens is 2. The number of alkyl halides is 3. The molecule has 0 saturated carbocycles. The molecule has 0 fully saturated rings. The standard InChI is InChI=1S/C13H12F3N3O2/c1-20-11-10(17-7-13(14,15)16)12(19-8-18-11)21-9-5-3-2-4-6-9/h2-6,8,17H,7H2,1H3. The van der Waals surface area contributed by atoms with Crippen molar-refractivity contribution in [1.82, 2.24) is 9.97 Å². The van der Waals surface area contributed by atoms with Crippen molar-refractivity contribution in [3.63, 3.8) is 0 Å². The summed E-state index contributed by atoms with van der Waals surface area (Å²) in [6.07, 6.45) is -3.24. The monoisotopic (exact) mass is 299 g/mol. The maximum atomic E-state index is 12.4. The molecular weight excluding hydrogens is 287 g/mol. The summed E-state index contributed by atoms with van der Waals surface area (Å²) >= 11 is 0. The second kappa shape index (κ2) is 6.29. The molecule has 0 aliphatic carbocycles. The smallest absolute Gasteiger partial charge is 0.405 e. The minimum atomic E-state index is -4.38. The minimum absolute atomic E-state index is 0.0276. The third-order valence-electron chi connectivity index (χ3n) is 2.39. The van der Waals surface area contributed by atoms with E-state index in [1.807, 2.05) is 0 Å². The van der Waals surface area contributed by atoms with Crippen LogP contribution in [0.1, 0.15) is 0 Å². The highest BCUT2D eigenvalue weighted by molar-refractivity contribution is 5.61. The van der Waals surface area contributed by atoms with E-state index in [9.17, 15) is 13.2 Å². The number of nitrogens with one attached hydrogen (secondary N) is 1. The van der Waals surface area contributed by atoms with Crippen molar-refractivity contribution in [1.29, 1.82) is 0 Å². The van der Waals surface area contributed by atoms with Gasteiger partial charge in [-0.1, -0.05) is 18.2 Å². The van der Waals surface area contributed by atoms with E-state index in [1.54, 1.807) is 30.3 Å². The van der Waals surface area contributed by atoms with Crippen LogP contribution in [0.3, 0.4) is 0 Å². The van der Waals surface area contributed by atoms with Gasteiger partial charge in [-0.3, -0.25) is 0 Å². The first-order valence-corrected chi connectivity index (χ1v) is 5.92. The zero-order chi connectivity index (χ0) is 15.3. The lowest BCUT2D eigenvalue weighted by Crippen LogP contribution is -2.22. The molecule has 0 unspecified atom stereocenters. The Bertz CT molecular complexity index is 591. The van der Waals surface area contributed by atoms with E-state index >= 15 is 0 Å². The maximum absolute atomic E-state index is 12.4. The van der Waals surface area contributed by atoms with Crippen molar-refractivity contribution < 1.29 is 22.6 Å². The van der Waals surface area contributed by atoms with E-state index in [-0.39, 0.29) is 17.4 Å². The zero-order valence-electron chi connectivity index (χ0n) is 11.0. The molecule has 0 radical (unpaired) electrons. The Labute approximate surface area is 118 Å². The topological polar surface area (TPSA) is 56.3 Å². The number of hydrogen-bond acceptors (Lipinski definition) is 5. The van der Waals surface area contributed by atoms with Crippen LogP contribution in [0.4, 0.5) is 18.9 Å². The van der Waals surface area contributed by atoms with E-state index in [2.05, 4.69) is 15.3 Å². The van der Waals surface area contributed by atoms with Gasteiger partial charge in [-0.05, 0) is 12.1 Å². The number of hydrogen-bond donors (Lipinski definition) is 1. The van der Waals surface area contributed by atoms with Gasteiger partial charge in [-0.2, -0.15) is 23.1 Å². The van der Waals surface area contributed by atoms with Crippen molar-refractivity contribution in [3.8, 4) is 17.5 Å². The van der Waals surface area contributed by atoms with Crippen LogP contribution in [0.15, 0.2) is 36.7 Å². The van der Waals surface area contributed by atoms with Crippen LogP contribution in [-0.4, -0.2) is 29.8 Å². The van der Waals surface area contributed by atoms with Gasteiger partial charge in [-0.15, -0.1) is 0 Å². The number of rotatable bonds is 5. The highest BCUT2D eigenvalue weighted by Crippen LogP contribution is 2.34. The summed E-state index contributed by atoms with van der Waals surface area (Å²) in [5.41, 5.74) is -0.0545. The lowest BCUT2D eigenvalue weighted by molar-refractivity contribution is -0.115. The van der Waals surface area contributed by atoms with Crippen molar-refractivity contribution in [3.05, 3.63) is 36.7 Å². The van der Waals surface area contributed by atoms with Gasteiger partial charge in [0.2, 0.25) is 11.8 Å². The Kier molecular flexibility index (Phi) is 4.46. The van der Waals surface area contributed by atoms with Crippen LogP contribution in [0.25, 0.3) is 0 Å². The van der Waals surface area contributed by atoms with E-state index in [0.29, 0.717) is 5.75 Å². The molecule has 0 spiro atoms. The Hall–Kier alpha value is -2.51. The molecular formula is C13H12F3N3O2. The molecule has 1 aromatic heterocycles. The molecule has 0 amide bonds. The van der Waals surface area contributed by atoms with Crippen LogP contribution in [0.5, 0.6) is 17.5 Å². The second-order valence-corrected chi connectivity index (χ2v) is 3.95. The molecule has 2 aromatic rings. The quantitative estimate of drug-likeness (QED) is 0.918. The Balaban J connectivity index is 2.27. The summed E-state index contributed by atoms with van der Waals surface area (Å²) < 4.78 is 47.4. The van der Waals surface area contributed by atoms with Gasteiger partial charge in [0.15, 0.2) is 5.69 Å².